The lowest BCUT2D eigenvalue weighted by molar-refractivity contribution is -0.133. The van der Waals surface area contributed by atoms with E-state index in [1.165, 1.54) is 0 Å². The molecule has 1 N–H and O–H groups in total. The molecule has 0 saturated heterocycles. The Morgan fingerprint density at radius 3 is 2.51 bits per heavy atom. The number of benzene rings is 2. The highest BCUT2D eigenvalue weighted by Crippen LogP contribution is 2.18. The molecule has 3 aromatic rings. The molecule has 0 unspecified atom stereocenters. The predicted octanol–water partition coefficient (Wildman–Crippen LogP) is 5.25. The molecular weight excluding hydrogens is 462 g/mol. The van der Waals surface area contributed by atoms with Gasteiger partial charge in [0.1, 0.15) is 12.3 Å². The number of carbonyl (C=O) groups is 2. The summed E-state index contributed by atoms with van der Waals surface area (Å²) in [6, 6.07) is 20.7. The Balaban J connectivity index is 1.73. The van der Waals surface area contributed by atoms with Crippen molar-refractivity contribution in [3.63, 3.8) is 0 Å². The lowest BCUT2D eigenvalue weighted by Crippen LogP contribution is -2.44. The number of nitrogens with one attached hydrogen (secondary N) is 1. The van der Waals surface area contributed by atoms with Gasteiger partial charge < -0.3 is 24.6 Å². The summed E-state index contributed by atoms with van der Waals surface area (Å²) >= 11 is 1.61. The van der Waals surface area contributed by atoms with E-state index in [0.29, 0.717) is 50.7 Å². The molecule has 0 spiro atoms. The van der Waals surface area contributed by atoms with Gasteiger partial charge in [-0.2, -0.15) is 0 Å². The lowest BCUT2D eigenvalue weighted by atomic mass is 10.2. The molecule has 2 aromatic carbocycles. The summed E-state index contributed by atoms with van der Waals surface area (Å²) in [5.41, 5.74) is 1.65. The van der Waals surface area contributed by atoms with Crippen molar-refractivity contribution in [3.05, 3.63) is 82.6 Å². The standard InChI is InChI=1S/C27H33N3O4S/c1-3-34-16-9-15-29(27(32)28-23-12-7-13-24(18-23)33-2)21-26(31)30(20-25-14-8-17-35-25)19-22-10-5-4-6-11-22/h4-8,10-14,17-18H,3,9,15-16,19-21H2,1-2H3,(H,28,32). The van der Waals surface area contributed by atoms with Crippen molar-refractivity contribution in [2.75, 3.05) is 38.7 Å². The number of nitrogens with zero attached hydrogens (tertiary/aromatic N) is 2. The molecular formula is C27H33N3O4S. The van der Waals surface area contributed by atoms with Gasteiger partial charge in [-0.25, -0.2) is 4.79 Å². The minimum absolute atomic E-state index is 0.0276. The third-order valence-electron chi connectivity index (χ3n) is 5.35. The second kappa shape index (κ2) is 14.1. The Morgan fingerprint density at radius 1 is 0.971 bits per heavy atom. The monoisotopic (exact) mass is 495 g/mol. The molecule has 0 bridgehead atoms. The van der Waals surface area contributed by atoms with Gasteiger partial charge in [0.15, 0.2) is 0 Å². The lowest BCUT2D eigenvalue weighted by Gasteiger charge is -2.28. The zero-order valence-corrected chi connectivity index (χ0v) is 21.1. The number of amides is 3. The smallest absolute Gasteiger partial charge is 0.322 e. The third kappa shape index (κ3) is 8.73. The fraction of sp³-hybridized carbons (Fsp3) is 0.333. The van der Waals surface area contributed by atoms with Gasteiger partial charge in [-0.05, 0) is 42.5 Å². The van der Waals surface area contributed by atoms with Crippen LogP contribution in [0.2, 0.25) is 0 Å². The summed E-state index contributed by atoms with van der Waals surface area (Å²) in [5.74, 6) is 0.534. The molecule has 0 atom stereocenters. The first kappa shape index (κ1) is 26.2. The molecule has 0 saturated carbocycles. The molecule has 3 amide bonds. The summed E-state index contributed by atoms with van der Waals surface area (Å²) in [5, 5.41) is 4.90. The van der Waals surface area contributed by atoms with Crippen LogP contribution in [-0.2, 0) is 22.6 Å². The minimum atomic E-state index is -0.334. The number of thiophene rings is 1. The van der Waals surface area contributed by atoms with Crippen LogP contribution in [0.15, 0.2) is 72.1 Å². The highest BCUT2D eigenvalue weighted by atomic mass is 32.1. The van der Waals surface area contributed by atoms with E-state index < -0.39 is 0 Å². The molecule has 186 valence electrons. The maximum Gasteiger partial charge on any atom is 0.322 e. The van der Waals surface area contributed by atoms with E-state index in [4.69, 9.17) is 9.47 Å². The van der Waals surface area contributed by atoms with Crippen LogP contribution in [0.5, 0.6) is 5.75 Å². The highest BCUT2D eigenvalue weighted by Gasteiger charge is 2.22. The van der Waals surface area contributed by atoms with Crippen LogP contribution in [-0.4, -0.2) is 55.2 Å². The summed E-state index contributed by atoms with van der Waals surface area (Å²) < 4.78 is 10.7. The van der Waals surface area contributed by atoms with Crippen molar-refractivity contribution < 1.29 is 19.1 Å². The fourth-order valence-electron chi connectivity index (χ4n) is 3.55. The molecule has 35 heavy (non-hydrogen) atoms. The minimum Gasteiger partial charge on any atom is -0.497 e. The molecule has 0 aliphatic rings. The molecule has 1 heterocycles. The SMILES string of the molecule is CCOCCCN(CC(=O)N(Cc1ccccc1)Cc1cccs1)C(=O)Nc1cccc(OC)c1. The van der Waals surface area contributed by atoms with Crippen LogP contribution in [0.4, 0.5) is 10.5 Å². The van der Waals surface area contributed by atoms with E-state index >= 15 is 0 Å². The number of hydrogen-bond donors (Lipinski definition) is 1. The van der Waals surface area contributed by atoms with Crippen LogP contribution >= 0.6 is 11.3 Å². The van der Waals surface area contributed by atoms with Crippen molar-refractivity contribution in [2.24, 2.45) is 0 Å². The van der Waals surface area contributed by atoms with Gasteiger partial charge in [0.2, 0.25) is 5.91 Å². The summed E-state index contributed by atoms with van der Waals surface area (Å²) in [6.45, 7) is 4.41. The Hall–Kier alpha value is -3.36. The maximum atomic E-state index is 13.5. The Labute approximate surface area is 211 Å². The molecule has 0 radical (unpaired) electrons. The van der Waals surface area contributed by atoms with Gasteiger partial charge in [-0.15, -0.1) is 11.3 Å². The number of anilines is 1. The van der Waals surface area contributed by atoms with Crippen LogP contribution in [0.25, 0.3) is 0 Å². The summed E-state index contributed by atoms with van der Waals surface area (Å²) in [4.78, 5) is 31.1. The number of carbonyl (C=O) groups excluding carboxylic acids is 2. The maximum absolute atomic E-state index is 13.5. The molecule has 1 aromatic heterocycles. The largest absolute Gasteiger partial charge is 0.497 e. The second-order valence-corrected chi connectivity index (χ2v) is 8.98. The van der Waals surface area contributed by atoms with E-state index in [-0.39, 0.29) is 18.5 Å². The van der Waals surface area contributed by atoms with E-state index in [1.54, 1.807) is 40.4 Å². The van der Waals surface area contributed by atoms with Gasteiger partial charge in [-0.3, -0.25) is 4.79 Å². The quantitative estimate of drug-likeness (QED) is 0.329. The van der Waals surface area contributed by atoms with Crippen molar-refractivity contribution in [1.82, 2.24) is 9.80 Å². The Bertz CT molecular complexity index is 1040. The average molecular weight is 496 g/mol. The molecule has 8 heteroatoms. The highest BCUT2D eigenvalue weighted by molar-refractivity contribution is 7.09. The summed E-state index contributed by atoms with van der Waals surface area (Å²) in [7, 11) is 1.58. The van der Waals surface area contributed by atoms with E-state index in [0.717, 1.165) is 10.4 Å². The Kier molecular flexibility index (Phi) is 10.6. The third-order valence-corrected chi connectivity index (χ3v) is 6.21. The molecule has 0 aliphatic heterocycles. The average Bonchev–Trinajstić information content (AvgIpc) is 3.39. The molecule has 3 rings (SSSR count). The number of ether oxygens (including phenoxy) is 2. The number of urea groups is 1. The van der Waals surface area contributed by atoms with Crippen molar-refractivity contribution in [2.45, 2.75) is 26.4 Å². The number of rotatable bonds is 13. The fourth-order valence-corrected chi connectivity index (χ4v) is 4.27. The zero-order valence-electron chi connectivity index (χ0n) is 20.3. The van der Waals surface area contributed by atoms with Gasteiger partial charge in [0.25, 0.3) is 0 Å². The van der Waals surface area contributed by atoms with Crippen LogP contribution in [0.1, 0.15) is 23.8 Å². The van der Waals surface area contributed by atoms with Gasteiger partial charge >= 0.3 is 6.03 Å². The van der Waals surface area contributed by atoms with Gasteiger partial charge in [0.05, 0.1) is 13.7 Å². The van der Waals surface area contributed by atoms with Gasteiger partial charge in [0, 0.05) is 42.9 Å². The molecule has 0 fully saturated rings. The van der Waals surface area contributed by atoms with E-state index in [1.807, 2.05) is 66.9 Å². The summed E-state index contributed by atoms with van der Waals surface area (Å²) in [6.07, 6.45) is 0.635. The number of methoxy groups -OCH3 is 1. The first-order chi connectivity index (χ1) is 17.1. The predicted molar refractivity (Wildman–Crippen MR) is 140 cm³/mol. The van der Waals surface area contributed by atoms with E-state index in [2.05, 4.69) is 5.32 Å². The van der Waals surface area contributed by atoms with E-state index in [9.17, 15) is 9.59 Å². The topological polar surface area (TPSA) is 71.1 Å². The van der Waals surface area contributed by atoms with Crippen molar-refractivity contribution >= 4 is 29.0 Å². The van der Waals surface area contributed by atoms with Crippen LogP contribution in [0.3, 0.4) is 0 Å². The Morgan fingerprint density at radius 2 is 1.80 bits per heavy atom. The first-order valence-electron chi connectivity index (χ1n) is 11.7. The zero-order chi connectivity index (χ0) is 24.9. The van der Waals surface area contributed by atoms with Crippen molar-refractivity contribution in [1.29, 1.82) is 0 Å². The first-order valence-corrected chi connectivity index (χ1v) is 12.6. The van der Waals surface area contributed by atoms with Gasteiger partial charge in [-0.1, -0.05) is 42.5 Å². The number of hydrogen-bond acceptors (Lipinski definition) is 5. The van der Waals surface area contributed by atoms with Crippen LogP contribution in [0, 0.1) is 0 Å². The van der Waals surface area contributed by atoms with Crippen molar-refractivity contribution in [3.8, 4) is 5.75 Å². The second-order valence-electron chi connectivity index (χ2n) is 7.95. The van der Waals surface area contributed by atoms with Crippen LogP contribution < -0.4 is 10.1 Å². The molecule has 7 nitrogen and oxygen atoms in total. The normalized spacial score (nSPS) is 10.6. The molecule has 0 aliphatic carbocycles.